The molecule has 0 unspecified atom stereocenters. The smallest absolute Gasteiger partial charge is 0.338 e. The summed E-state index contributed by atoms with van der Waals surface area (Å²) in [4.78, 5) is 51.3. The molecule has 0 radical (unpaired) electrons. The molecule has 0 N–H and O–H groups in total. The summed E-state index contributed by atoms with van der Waals surface area (Å²) >= 11 is 0. The van der Waals surface area contributed by atoms with Crippen molar-refractivity contribution in [1.82, 2.24) is 0 Å². The second kappa shape index (κ2) is 10.7. The summed E-state index contributed by atoms with van der Waals surface area (Å²) in [7, 11) is 0. The van der Waals surface area contributed by atoms with Crippen molar-refractivity contribution in [2.45, 2.75) is 39.2 Å². The van der Waals surface area contributed by atoms with E-state index in [1.54, 1.807) is 55.5 Å². The second-order valence-electron chi connectivity index (χ2n) is 7.65. The van der Waals surface area contributed by atoms with Crippen molar-refractivity contribution >= 4 is 29.3 Å². The van der Waals surface area contributed by atoms with Crippen molar-refractivity contribution in [3.8, 4) is 0 Å². The van der Waals surface area contributed by atoms with E-state index < -0.39 is 24.0 Å². The van der Waals surface area contributed by atoms with Crippen LogP contribution in [0.5, 0.6) is 0 Å². The average Bonchev–Trinajstić information content (AvgIpc) is 3.22. The third kappa shape index (κ3) is 5.41. The number of benzene rings is 2. The molecule has 1 heterocycles. The second-order valence-corrected chi connectivity index (χ2v) is 7.65. The van der Waals surface area contributed by atoms with Gasteiger partial charge in [-0.05, 0) is 37.1 Å². The number of ketones is 1. The van der Waals surface area contributed by atoms with Gasteiger partial charge in [0.25, 0.3) is 0 Å². The molecule has 2 aromatic rings. The molecule has 7 nitrogen and oxygen atoms in total. The summed E-state index contributed by atoms with van der Waals surface area (Å²) < 4.78 is 10.6. The molecule has 1 aliphatic heterocycles. The maximum absolute atomic E-state index is 12.7. The Labute approximate surface area is 187 Å². The van der Waals surface area contributed by atoms with Crippen molar-refractivity contribution < 1.29 is 28.7 Å². The zero-order chi connectivity index (χ0) is 23.1. The van der Waals surface area contributed by atoms with Gasteiger partial charge in [0, 0.05) is 24.2 Å². The van der Waals surface area contributed by atoms with Gasteiger partial charge in [0.05, 0.1) is 18.1 Å². The van der Waals surface area contributed by atoms with Gasteiger partial charge in [0.2, 0.25) is 11.7 Å². The summed E-state index contributed by atoms with van der Waals surface area (Å²) in [6.45, 7) is 4.20. The number of carbonyl (C=O) groups excluding carboxylic acids is 4. The number of amides is 1. The van der Waals surface area contributed by atoms with Crippen LogP contribution in [0.1, 0.15) is 53.8 Å². The summed E-state index contributed by atoms with van der Waals surface area (Å²) in [5.41, 5.74) is 1.47. The fourth-order valence-corrected chi connectivity index (χ4v) is 3.52. The minimum Gasteiger partial charge on any atom is -0.462 e. The van der Waals surface area contributed by atoms with Gasteiger partial charge in [-0.3, -0.25) is 14.4 Å². The lowest BCUT2D eigenvalue weighted by molar-refractivity contribution is -0.151. The molecule has 0 bridgehead atoms. The van der Waals surface area contributed by atoms with Gasteiger partial charge in [0.15, 0.2) is 6.10 Å². The van der Waals surface area contributed by atoms with Crippen LogP contribution >= 0.6 is 0 Å². The van der Waals surface area contributed by atoms with E-state index in [0.29, 0.717) is 29.8 Å². The first-order valence-electron chi connectivity index (χ1n) is 10.8. The van der Waals surface area contributed by atoms with Crippen LogP contribution in [0.2, 0.25) is 0 Å². The first-order valence-corrected chi connectivity index (χ1v) is 10.8. The van der Waals surface area contributed by atoms with E-state index in [4.69, 9.17) is 9.47 Å². The van der Waals surface area contributed by atoms with Crippen molar-refractivity contribution in [3.05, 3.63) is 65.7 Å². The molecule has 0 spiro atoms. The van der Waals surface area contributed by atoms with E-state index in [1.165, 1.54) is 4.90 Å². The third-order valence-corrected chi connectivity index (χ3v) is 5.29. The van der Waals surface area contributed by atoms with Crippen LogP contribution in [0.4, 0.5) is 5.69 Å². The Hall–Kier alpha value is -3.48. The highest BCUT2D eigenvalue weighted by atomic mass is 16.5. The number of Topliss-reactive ketones (excluding diaryl/α,β-unsaturated/α-hetero) is 1. The highest BCUT2D eigenvalue weighted by molar-refractivity contribution is 6.02. The van der Waals surface area contributed by atoms with Crippen LogP contribution < -0.4 is 4.90 Å². The van der Waals surface area contributed by atoms with E-state index in [9.17, 15) is 19.2 Å². The topological polar surface area (TPSA) is 90.0 Å². The summed E-state index contributed by atoms with van der Waals surface area (Å²) in [6.07, 6.45) is 0.205. The molecule has 1 aliphatic rings. The van der Waals surface area contributed by atoms with Crippen LogP contribution in [-0.2, 0) is 19.1 Å². The molecule has 0 aliphatic carbocycles. The maximum Gasteiger partial charge on any atom is 0.338 e. The lowest BCUT2D eigenvalue weighted by Gasteiger charge is -2.19. The lowest BCUT2D eigenvalue weighted by atomic mass is 10.0. The average molecular weight is 437 g/mol. The number of carbonyl (C=O) groups is 4. The number of hydrogen-bond donors (Lipinski definition) is 0. The molecule has 2 atom stereocenters. The minimum absolute atomic E-state index is 0.00902. The standard InChI is InChI=1S/C25H27NO6/c1-3-14-31-24(29)18-10-12-20(13-11-18)26-16-19(15-22(26)27)25(30)32-21(4-2)23(28)17-8-6-5-7-9-17/h5-13,19,21H,3-4,14-16H2,1-2H3/t19-,21-/m1/s1. The molecule has 0 aromatic heterocycles. The molecule has 7 heteroatoms. The van der Waals surface area contributed by atoms with Crippen LogP contribution in [0.3, 0.4) is 0 Å². The molecule has 168 valence electrons. The molecule has 0 saturated carbocycles. The monoisotopic (exact) mass is 437 g/mol. The minimum atomic E-state index is -0.887. The predicted octanol–water partition coefficient (Wildman–Crippen LogP) is 3.81. The number of nitrogens with zero attached hydrogens (tertiary/aromatic N) is 1. The fourth-order valence-electron chi connectivity index (χ4n) is 3.52. The zero-order valence-electron chi connectivity index (χ0n) is 18.3. The van der Waals surface area contributed by atoms with Gasteiger partial charge in [0.1, 0.15) is 0 Å². The Bertz CT molecular complexity index is 970. The van der Waals surface area contributed by atoms with E-state index in [2.05, 4.69) is 0 Å². The normalized spacial score (nSPS) is 16.5. The zero-order valence-corrected chi connectivity index (χ0v) is 18.3. The van der Waals surface area contributed by atoms with E-state index in [1.807, 2.05) is 13.0 Å². The molecule has 1 saturated heterocycles. The van der Waals surface area contributed by atoms with Gasteiger partial charge < -0.3 is 14.4 Å². The van der Waals surface area contributed by atoms with Crippen molar-refractivity contribution in [1.29, 1.82) is 0 Å². The Morgan fingerprint density at radius 1 is 1.00 bits per heavy atom. The molecular formula is C25H27NO6. The SMILES string of the molecule is CCCOC(=O)c1ccc(N2C[C@H](C(=O)O[C@H](CC)C(=O)c3ccccc3)CC2=O)cc1. The molecule has 1 amide bonds. The predicted molar refractivity (Wildman–Crippen MR) is 118 cm³/mol. The van der Waals surface area contributed by atoms with Gasteiger partial charge in [-0.2, -0.15) is 0 Å². The molecular weight excluding hydrogens is 410 g/mol. The third-order valence-electron chi connectivity index (χ3n) is 5.29. The highest BCUT2D eigenvalue weighted by Crippen LogP contribution is 2.27. The molecule has 1 fully saturated rings. The molecule has 3 rings (SSSR count). The highest BCUT2D eigenvalue weighted by Gasteiger charge is 2.37. The van der Waals surface area contributed by atoms with Gasteiger partial charge in [-0.25, -0.2) is 4.79 Å². The van der Waals surface area contributed by atoms with Crippen LogP contribution in [0.25, 0.3) is 0 Å². The first-order chi connectivity index (χ1) is 15.4. The number of esters is 2. The van der Waals surface area contributed by atoms with Crippen LogP contribution in [0.15, 0.2) is 54.6 Å². The van der Waals surface area contributed by atoms with Crippen LogP contribution in [0, 0.1) is 5.92 Å². The van der Waals surface area contributed by atoms with Gasteiger partial charge in [-0.1, -0.05) is 44.2 Å². The maximum atomic E-state index is 12.7. The quantitative estimate of drug-likeness (QED) is 0.438. The van der Waals surface area contributed by atoms with E-state index in [-0.39, 0.29) is 24.7 Å². The summed E-state index contributed by atoms with van der Waals surface area (Å²) in [5, 5.41) is 0. The first kappa shape index (κ1) is 23.2. The number of rotatable bonds is 9. The Morgan fingerprint density at radius 3 is 2.31 bits per heavy atom. The Balaban J connectivity index is 1.62. The van der Waals surface area contributed by atoms with E-state index in [0.717, 1.165) is 6.42 Å². The fraction of sp³-hybridized carbons (Fsp3) is 0.360. The Kier molecular flexibility index (Phi) is 7.76. The number of hydrogen-bond acceptors (Lipinski definition) is 6. The largest absolute Gasteiger partial charge is 0.462 e. The number of anilines is 1. The van der Waals surface area contributed by atoms with Crippen molar-refractivity contribution in [2.24, 2.45) is 5.92 Å². The van der Waals surface area contributed by atoms with Gasteiger partial charge >= 0.3 is 11.9 Å². The summed E-state index contributed by atoms with van der Waals surface area (Å²) in [6, 6.07) is 15.2. The van der Waals surface area contributed by atoms with Crippen LogP contribution in [-0.4, -0.2) is 42.9 Å². The van der Waals surface area contributed by atoms with Gasteiger partial charge in [-0.15, -0.1) is 0 Å². The molecule has 2 aromatic carbocycles. The lowest BCUT2D eigenvalue weighted by Crippen LogP contribution is -2.31. The van der Waals surface area contributed by atoms with Crippen molar-refractivity contribution in [2.75, 3.05) is 18.1 Å². The number of ether oxygens (including phenoxy) is 2. The molecule has 32 heavy (non-hydrogen) atoms. The van der Waals surface area contributed by atoms with E-state index >= 15 is 0 Å². The Morgan fingerprint density at radius 2 is 1.69 bits per heavy atom. The summed E-state index contributed by atoms with van der Waals surface area (Å²) in [5.74, 6) is -2.10. The van der Waals surface area contributed by atoms with Crippen molar-refractivity contribution in [3.63, 3.8) is 0 Å².